The molecule has 1 aromatic carbocycles. The van der Waals surface area contributed by atoms with Gasteiger partial charge in [0.25, 0.3) is 0 Å². The van der Waals surface area contributed by atoms with Crippen LogP contribution in [0.5, 0.6) is 5.75 Å². The van der Waals surface area contributed by atoms with E-state index in [9.17, 15) is 0 Å². The predicted molar refractivity (Wildman–Crippen MR) is 57.9 cm³/mol. The molecule has 0 saturated carbocycles. The van der Waals surface area contributed by atoms with Crippen molar-refractivity contribution in [1.82, 2.24) is 0 Å². The molecule has 0 amide bonds. The second kappa shape index (κ2) is 5.01. The largest absolute Gasteiger partial charge is 0.496 e. The number of aliphatic hydroxyl groups excluding tert-OH is 1. The first kappa shape index (κ1) is 11.1. The molecule has 0 bridgehead atoms. The highest BCUT2D eigenvalue weighted by Gasteiger charge is 2.05. The Morgan fingerprint density at radius 1 is 1.36 bits per heavy atom. The Balaban J connectivity index is 2.98. The standard InChI is InChI=1S/C12H18O2/c1-9(2)11-5-4-10(6-7-13)12(8-11)14-3/h4-5,8-9,13H,6-7H2,1-3H3. The summed E-state index contributed by atoms with van der Waals surface area (Å²) in [6.07, 6.45) is 0.654. The van der Waals surface area contributed by atoms with E-state index in [1.165, 1.54) is 5.56 Å². The van der Waals surface area contributed by atoms with E-state index in [-0.39, 0.29) is 6.61 Å². The van der Waals surface area contributed by atoms with E-state index >= 15 is 0 Å². The van der Waals surface area contributed by atoms with Crippen LogP contribution < -0.4 is 4.74 Å². The number of rotatable bonds is 4. The van der Waals surface area contributed by atoms with Gasteiger partial charge in [-0.05, 0) is 29.5 Å². The Labute approximate surface area is 85.5 Å². The van der Waals surface area contributed by atoms with Crippen molar-refractivity contribution in [3.05, 3.63) is 29.3 Å². The van der Waals surface area contributed by atoms with E-state index in [2.05, 4.69) is 26.0 Å². The maximum atomic E-state index is 8.86. The number of benzene rings is 1. The van der Waals surface area contributed by atoms with Crippen LogP contribution in [0.1, 0.15) is 30.9 Å². The van der Waals surface area contributed by atoms with Gasteiger partial charge in [0.1, 0.15) is 5.75 Å². The molecule has 14 heavy (non-hydrogen) atoms. The van der Waals surface area contributed by atoms with Gasteiger partial charge in [-0.15, -0.1) is 0 Å². The highest BCUT2D eigenvalue weighted by Crippen LogP contribution is 2.24. The van der Waals surface area contributed by atoms with Crippen molar-refractivity contribution < 1.29 is 9.84 Å². The molecular formula is C12H18O2. The van der Waals surface area contributed by atoms with Crippen LogP contribution in [-0.2, 0) is 6.42 Å². The van der Waals surface area contributed by atoms with Gasteiger partial charge < -0.3 is 9.84 Å². The Morgan fingerprint density at radius 2 is 2.07 bits per heavy atom. The Kier molecular flexibility index (Phi) is 3.96. The summed E-state index contributed by atoms with van der Waals surface area (Å²) in [4.78, 5) is 0. The van der Waals surface area contributed by atoms with Gasteiger partial charge in [0, 0.05) is 6.61 Å². The molecule has 0 atom stereocenters. The van der Waals surface area contributed by atoms with Crippen molar-refractivity contribution in [2.75, 3.05) is 13.7 Å². The molecule has 0 fully saturated rings. The molecule has 0 heterocycles. The lowest BCUT2D eigenvalue weighted by atomic mass is 10.00. The Hall–Kier alpha value is -1.02. The van der Waals surface area contributed by atoms with E-state index in [4.69, 9.17) is 9.84 Å². The molecule has 0 aliphatic heterocycles. The van der Waals surface area contributed by atoms with Crippen molar-refractivity contribution in [1.29, 1.82) is 0 Å². The second-order valence-corrected chi connectivity index (χ2v) is 3.70. The van der Waals surface area contributed by atoms with Crippen LogP contribution in [0.3, 0.4) is 0 Å². The van der Waals surface area contributed by atoms with Crippen LogP contribution in [0.4, 0.5) is 0 Å². The first-order valence-electron chi connectivity index (χ1n) is 4.96. The van der Waals surface area contributed by atoms with Gasteiger partial charge in [-0.3, -0.25) is 0 Å². The lowest BCUT2D eigenvalue weighted by molar-refractivity contribution is 0.296. The summed E-state index contributed by atoms with van der Waals surface area (Å²) in [6, 6.07) is 6.18. The number of methoxy groups -OCH3 is 1. The molecule has 2 nitrogen and oxygen atoms in total. The fourth-order valence-corrected chi connectivity index (χ4v) is 1.45. The highest BCUT2D eigenvalue weighted by atomic mass is 16.5. The molecule has 0 spiro atoms. The van der Waals surface area contributed by atoms with Crippen LogP contribution in [0.2, 0.25) is 0 Å². The van der Waals surface area contributed by atoms with Gasteiger partial charge >= 0.3 is 0 Å². The highest BCUT2D eigenvalue weighted by molar-refractivity contribution is 5.38. The summed E-state index contributed by atoms with van der Waals surface area (Å²) in [5, 5.41) is 8.86. The lowest BCUT2D eigenvalue weighted by Crippen LogP contribution is -1.97. The summed E-state index contributed by atoms with van der Waals surface area (Å²) in [7, 11) is 1.67. The predicted octanol–water partition coefficient (Wildman–Crippen LogP) is 2.35. The minimum atomic E-state index is 0.164. The van der Waals surface area contributed by atoms with Crippen molar-refractivity contribution >= 4 is 0 Å². The summed E-state index contributed by atoms with van der Waals surface area (Å²) in [6.45, 7) is 4.47. The maximum absolute atomic E-state index is 8.86. The Bertz CT molecular complexity index is 292. The zero-order valence-electron chi connectivity index (χ0n) is 9.08. The van der Waals surface area contributed by atoms with Crippen LogP contribution in [-0.4, -0.2) is 18.8 Å². The third kappa shape index (κ3) is 2.48. The zero-order valence-corrected chi connectivity index (χ0v) is 9.08. The van der Waals surface area contributed by atoms with Gasteiger partial charge in [-0.2, -0.15) is 0 Å². The number of ether oxygens (including phenoxy) is 1. The topological polar surface area (TPSA) is 29.5 Å². The summed E-state index contributed by atoms with van der Waals surface area (Å²) >= 11 is 0. The molecule has 0 unspecified atom stereocenters. The molecule has 1 rings (SSSR count). The minimum Gasteiger partial charge on any atom is -0.496 e. The number of hydrogen-bond donors (Lipinski definition) is 1. The van der Waals surface area contributed by atoms with Gasteiger partial charge in [0.05, 0.1) is 7.11 Å². The van der Waals surface area contributed by atoms with Crippen molar-refractivity contribution in [3.8, 4) is 5.75 Å². The molecule has 1 aromatic rings. The van der Waals surface area contributed by atoms with Crippen molar-refractivity contribution in [2.24, 2.45) is 0 Å². The van der Waals surface area contributed by atoms with Crippen LogP contribution >= 0.6 is 0 Å². The van der Waals surface area contributed by atoms with E-state index in [1.54, 1.807) is 7.11 Å². The SMILES string of the molecule is COc1cc(C(C)C)ccc1CCO. The molecule has 0 radical (unpaired) electrons. The average molecular weight is 194 g/mol. The average Bonchev–Trinajstić information content (AvgIpc) is 2.18. The first-order chi connectivity index (χ1) is 6.69. The Morgan fingerprint density at radius 3 is 2.57 bits per heavy atom. The molecule has 78 valence electrons. The number of aliphatic hydroxyl groups is 1. The lowest BCUT2D eigenvalue weighted by Gasteiger charge is -2.11. The quantitative estimate of drug-likeness (QED) is 0.797. The third-order valence-corrected chi connectivity index (χ3v) is 2.36. The summed E-state index contributed by atoms with van der Waals surface area (Å²) in [5.74, 6) is 1.39. The second-order valence-electron chi connectivity index (χ2n) is 3.70. The van der Waals surface area contributed by atoms with Gasteiger partial charge in [-0.25, -0.2) is 0 Å². The fraction of sp³-hybridized carbons (Fsp3) is 0.500. The van der Waals surface area contributed by atoms with Crippen LogP contribution in [0.15, 0.2) is 18.2 Å². The normalized spacial score (nSPS) is 10.6. The molecule has 1 N–H and O–H groups in total. The monoisotopic (exact) mass is 194 g/mol. The molecule has 0 aromatic heterocycles. The van der Waals surface area contributed by atoms with Gasteiger partial charge in [0.2, 0.25) is 0 Å². The van der Waals surface area contributed by atoms with Crippen molar-refractivity contribution in [2.45, 2.75) is 26.2 Å². The third-order valence-electron chi connectivity index (χ3n) is 2.36. The molecule has 0 saturated heterocycles. The van der Waals surface area contributed by atoms with E-state index in [0.29, 0.717) is 12.3 Å². The van der Waals surface area contributed by atoms with Crippen molar-refractivity contribution in [3.63, 3.8) is 0 Å². The maximum Gasteiger partial charge on any atom is 0.122 e. The first-order valence-corrected chi connectivity index (χ1v) is 4.96. The van der Waals surface area contributed by atoms with Crippen LogP contribution in [0, 0.1) is 0 Å². The van der Waals surface area contributed by atoms with E-state index < -0.39 is 0 Å². The summed E-state index contributed by atoms with van der Waals surface area (Å²) < 4.78 is 5.28. The van der Waals surface area contributed by atoms with Gasteiger partial charge in [-0.1, -0.05) is 26.0 Å². The number of hydrogen-bond acceptors (Lipinski definition) is 2. The fourth-order valence-electron chi connectivity index (χ4n) is 1.45. The molecule has 0 aliphatic rings. The summed E-state index contributed by atoms with van der Waals surface area (Å²) in [5.41, 5.74) is 2.34. The smallest absolute Gasteiger partial charge is 0.122 e. The molecular weight excluding hydrogens is 176 g/mol. The van der Waals surface area contributed by atoms with Gasteiger partial charge in [0.15, 0.2) is 0 Å². The zero-order chi connectivity index (χ0) is 10.6. The van der Waals surface area contributed by atoms with Crippen LogP contribution in [0.25, 0.3) is 0 Å². The minimum absolute atomic E-state index is 0.164. The van der Waals surface area contributed by atoms with E-state index in [0.717, 1.165) is 11.3 Å². The molecule has 2 heteroatoms. The molecule has 0 aliphatic carbocycles. The van der Waals surface area contributed by atoms with E-state index in [1.807, 2.05) is 6.07 Å².